The van der Waals surface area contributed by atoms with Gasteiger partial charge in [0.1, 0.15) is 61.8 Å². The number of anilines is 10. The Hall–Kier alpha value is -7.30. The minimum absolute atomic E-state index is 0.269. The van der Waals surface area contributed by atoms with Gasteiger partial charge in [-0.15, -0.1) is 0 Å². The van der Waals surface area contributed by atoms with Crippen LogP contribution in [0.4, 0.5) is 56.9 Å². The van der Waals surface area contributed by atoms with E-state index in [1.54, 1.807) is 0 Å². The van der Waals surface area contributed by atoms with E-state index < -0.39 is 0 Å². The van der Waals surface area contributed by atoms with E-state index in [0.717, 1.165) is 260 Å². The molecule has 0 amide bonds. The van der Waals surface area contributed by atoms with E-state index in [2.05, 4.69) is 94.9 Å². The van der Waals surface area contributed by atoms with Gasteiger partial charge in [-0.1, -0.05) is 32.1 Å². The van der Waals surface area contributed by atoms with E-state index in [-0.39, 0.29) is 6.61 Å². The quantitative estimate of drug-likeness (QED) is 0.0137. The highest BCUT2D eigenvalue weighted by atomic mass is 16.5. The number of likely N-dealkylation sites (tertiary alicyclic amines) is 3. The summed E-state index contributed by atoms with van der Waals surface area (Å²) < 4.78 is 33.9. The number of nitrogens with zero attached hydrogens (tertiary/aromatic N) is 11. The van der Waals surface area contributed by atoms with Crippen LogP contribution in [0.15, 0.2) is 91.0 Å². The molecule has 10 aliphatic rings. The molecular formula is C90H148N18O7. The molecule has 15 rings (SSSR count). The predicted octanol–water partition coefficient (Wildman–Crippen LogP) is 10.2. The lowest BCUT2D eigenvalue weighted by Gasteiger charge is -2.34. The number of benzene rings is 5. The zero-order chi connectivity index (χ0) is 79.7. The Balaban J connectivity index is 0.000000142. The molecule has 5 aromatic carbocycles. The van der Waals surface area contributed by atoms with Crippen LogP contribution in [-0.4, -0.2) is 297 Å². The molecule has 0 aromatic heterocycles. The minimum atomic E-state index is 0.269. The number of nitrogens with one attached hydrogen (secondary N) is 2. The Morgan fingerprint density at radius 3 is 0.835 bits per heavy atom. The highest BCUT2D eigenvalue weighted by Gasteiger charge is 2.25. The molecule has 5 aromatic rings. The van der Waals surface area contributed by atoms with Crippen LogP contribution in [0.25, 0.3) is 0 Å². The zero-order valence-corrected chi connectivity index (χ0v) is 70.3. The van der Waals surface area contributed by atoms with Crippen LogP contribution in [0.2, 0.25) is 0 Å². The van der Waals surface area contributed by atoms with Crippen LogP contribution in [-0.2, 0) is 4.74 Å². The number of rotatable bonds is 36. The Morgan fingerprint density at radius 2 is 0.496 bits per heavy atom. The number of nitrogen functional groups attached to an aromatic ring is 5. The third-order valence-electron chi connectivity index (χ3n) is 24.0. The Bertz CT molecular complexity index is 3500. The molecule has 640 valence electrons. The minimum Gasteiger partial charge on any atom is -0.489 e. The number of aliphatic hydroxyl groups excluding tert-OH is 1. The van der Waals surface area contributed by atoms with Gasteiger partial charge in [-0.25, -0.2) is 0 Å². The third kappa shape index (κ3) is 30.9. The van der Waals surface area contributed by atoms with Gasteiger partial charge in [0, 0.05) is 144 Å². The molecule has 5 fully saturated rings. The highest BCUT2D eigenvalue weighted by Crippen LogP contribution is 2.38. The van der Waals surface area contributed by atoms with Gasteiger partial charge < -0.3 is 117 Å². The summed E-state index contributed by atoms with van der Waals surface area (Å²) in [6, 6.07) is 29.8. The lowest BCUT2D eigenvalue weighted by molar-refractivity contribution is 0.0371. The summed E-state index contributed by atoms with van der Waals surface area (Å²) in [6.07, 6.45) is 26.4. The van der Waals surface area contributed by atoms with Crippen molar-refractivity contribution in [1.82, 2.24) is 40.0 Å². The molecule has 0 bridgehead atoms. The summed E-state index contributed by atoms with van der Waals surface area (Å²) in [4.78, 5) is 27.3. The van der Waals surface area contributed by atoms with Crippen molar-refractivity contribution in [2.24, 2.45) is 0 Å². The van der Waals surface area contributed by atoms with Gasteiger partial charge in [0.05, 0.1) is 81.0 Å². The summed E-state index contributed by atoms with van der Waals surface area (Å²) in [6.45, 7) is 41.8. The maximum absolute atomic E-state index is 8.99. The number of nitrogens with two attached hydrogens (primary N) is 5. The Labute approximate surface area is 690 Å². The average molecular weight is 1590 g/mol. The van der Waals surface area contributed by atoms with Crippen molar-refractivity contribution < 1.29 is 33.5 Å². The van der Waals surface area contributed by atoms with Crippen LogP contribution in [0.1, 0.15) is 128 Å². The first-order valence-electron chi connectivity index (χ1n) is 44.9. The first-order chi connectivity index (χ1) is 56.6. The standard InChI is InChI=1S/C19H33N5O2.C19H31N3O.C18H30N4O.C17H27N3O2.C17H27N3O/c20-17-2-3-18-19(16-17)26-15-13-24(18)7-5-21-4-1-6-22-8-10-23(11-9-22)12-14-25;20-17-8-9-18-19(16-17)23-15-14-22(18)13-7-2-1-4-10-21-11-5-3-6-12-21;19-16-5-6-17-18(15-16)23-14-13-22(17)12-4-8-20-7-3-11-21-9-1-2-10-21;18-15-4-5-16-17(14-15)22-13-10-20(16)7-3-1-2-6-19-8-11-21-12-9-19;18-15-6-7-16-17(14-15)21-13-12-20(16)11-3-1-2-8-19-9-4-5-10-19/h2-3,16,21,25H,1,4-15,20H2;8-9,16H,1-7,10-15,20H2;5-6,15,20H,1-4,7-14,19H2;4-5,14H,1-3,6-13,18H2;6-7,14H,1-5,8-13,18H2. The number of β-amino-alcohol motifs (C(OH)–C–C–N with tert-alkyl or cyclic N) is 1. The molecule has 13 N–H and O–H groups in total. The fraction of sp³-hybridized carbons (Fsp3) is 0.667. The van der Waals surface area contributed by atoms with E-state index in [0.29, 0.717) is 0 Å². The van der Waals surface area contributed by atoms with Crippen molar-refractivity contribution in [3.8, 4) is 28.7 Å². The number of unbranched alkanes of at least 4 members (excludes halogenated alkanes) is 7. The highest BCUT2D eigenvalue weighted by molar-refractivity contribution is 5.69. The second kappa shape index (κ2) is 50.5. The van der Waals surface area contributed by atoms with E-state index >= 15 is 0 Å². The van der Waals surface area contributed by atoms with Crippen molar-refractivity contribution in [2.75, 3.05) is 315 Å². The normalized spacial score (nSPS) is 18.5. The smallest absolute Gasteiger partial charge is 0.144 e. The number of hydrogen-bond donors (Lipinski definition) is 8. The maximum atomic E-state index is 8.99. The number of piperidine rings is 1. The number of ether oxygens (including phenoxy) is 6. The van der Waals surface area contributed by atoms with Gasteiger partial charge in [0.2, 0.25) is 0 Å². The van der Waals surface area contributed by atoms with Crippen LogP contribution in [0.5, 0.6) is 28.7 Å². The number of fused-ring (bicyclic) bond motifs is 5. The molecular weight excluding hydrogens is 1450 g/mol. The molecule has 0 aliphatic carbocycles. The van der Waals surface area contributed by atoms with E-state index in [9.17, 15) is 0 Å². The topological polar surface area (TPSA) is 265 Å². The molecule has 0 spiro atoms. The number of hydrogen-bond acceptors (Lipinski definition) is 25. The summed E-state index contributed by atoms with van der Waals surface area (Å²) in [5.74, 6) is 4.64. The molecule has 115 heavy (non-hydrogen) atoms. The molecule has 10 heterocycles. The summed E-state index contributed by atoms with van der Waals surface area (Å²) in [5, 5.41) is 16.1. The van der Waals surface area contributed by atoms with Gasteiger partial charge in [-0.05, 0) is 249 Å². The number of piperazine rings is 1. The predicted molar refractivity (Wildman–Crippen MR) is 477 cm³/mol. The number of aliphatic hydroxyl groups is 1. The molecule has 0 saturated carbocycles. The van der Waals surface area contributed by atoms with Crippen LogP contribution in [0, 0.1) is 0 Å². The van der Waals surface area contributed by atoms with E-state index in [1.165, 1.54) is 210 Å². The Morgan fingerprint density at radius 1 is 0.243 bits per heavy atom. The SMILES string of the molecule is Nc1ccc2c(c1)OCCN2CCCCCCN1CCCCC1.Nc1ccc2c(c1)OCCN2CCCCCN1CCCC1.Nc1ccc2c(c1)OCCN2CCCCCN1CCOCC1.Nc1ccc2c(c1)OCCN2CCCNCCCN1CCCC1.Nc1ccc2c(c1)OCCN2CCNCCCN1CCN(CCO)CC1. The molecule has 25 nitrogen and oxygen atoms in total. The Kier molecular flexibility index (Phi) is 38.8. The van der Waals surface area contributed by atoms with Crippen molar-refractivity contribution in [3.05, 3.63) is 91.0 Å². The fourth-order valence-electron chi connectivity index (χ4n) is 17.4. The van der Waals surface area contributed by atoms with E-state index in [4.69, 9.17) is 62.2 Å². The first kappa shape index (κ1) is 88.5. The van der Waals surface area contributed by atoms with Gasteiger partial charge in [0.25, 0.3) is 0 Å². The van der Waals surface area contributed by atoms with Crippen molar-refractivity contribution in [3.63, 3.8) is 0 Å². The second-order valence-electron chi connectivity index (χ2n) is 32.8. The van der Waals surface area contributed by atoms with Crippen LogP contribution in [0.3, 0.4) is 0 Å². The average Bonchev–Trinajstić information content (AvgIpc) is 1.03. The second-order valence-corrected chi connectivity index (χ2v) is 32.8. The van der Waals surface area contributed by atoms with Gasteiger partial charge in [-0.2, -0.15) is 0 Å². The summed E-state index contributed by atoms with van der Waals surface area (Å²) >= 11 is 0. The fourth-order valence-corrected chi connectivity index (χ4v) is 17.4. The van der Waals surface area contributed by atoms with E-state index in [1.807, 2.05) is 60.7 Å². The summed E-state index contributed by atoms with van der Waals surface area (Å²) in [5.41, 5.74) is 38.9. The van der Waals surface area contributed by atoms with Gasteiger partial charge in [-0.3, -0.25) is 9.80 Å². The third-order valence-corrected chi connectivity index (χ3v) is 24.0. The van der Waals surface area contributed by atoms with Crippen molar-refractivity contribution in [2.45, 2.75) is 128 Å². The molecule has 0 atom stereocenters. The molecule has 0 radical (unpaired) electrons. The lowest BCUT2D eigenvalue weighted by atomic mass is 10.1. The first-order valence-corrected chi connectivity index (χ1v) is 44.9. The van der Waals surface area contributed by atoms with Crippen molar-refractivity contribution >= 4 is 56.9 Å². The molecule has 10 aliphatic heterocycles. The zero-order valence-electron chi connectivity index (χ0n) is 70.3. The number of morpholine rings is 1. The van der Waals surface area contributed by atoms with Gasteiger partial charge in [0.15, 0.2) is 0 Å². The lowest BCUT2D eigenvalue weighted by Crippen LogP contribution is -2.47. The molecule has 5 saturated heterocycles. The summed E-state index contributed by atoms with van der Waals surface area (Å²) in [7, 11) is 0. The van der Waals surface area contributed by atoms with Crippen LogP contribution < -0.4 is 87.5 Å². The monoisotopic (exact) mass is 1590 g/mol. The molecule has 0 unspecified atom stereocenters. The largest absolute Gasteiger partial charge is 0.489 e. The maximum Gasteiger partial charge on any atom is 0.144 e. The van der Waals surface area contributed by atoms with Gasteiger partial charge >= 0.3 is 0 Å². The molecule has 25 heteroatoms. The van der Waals surface area contributed by atoms with Crippen LogP contribution >= 0.6 is 0 Å². The van der Waals surface area contributed by atoms with Crippen molar-refractivity contribution in [1.29, 1.82) is 0 Å².